The van der Waals surface area contributed by atoms with Crippen molar-refractivity contribution >= 4 is 23.6 Å². The molecule has 29 heavy (non-hydrogen) atoms. The van der Waals surface area contributed by atoms with Crippen LogP contribution in [0.2, 0.25) is 0 Å². The lowest BCUT2D eigenvalue weighted by molar-refractivity contribution is -0.135. The van der Waals surface area contributed by atoms with Crippen molar-refractivity contribution in [2.75, 3.05) is 38.2 Å². The van der Waals surface area contributed by atoms with Gasteiger partial charge in [0.15, 0.2) is 0 Å². The highest BCUT2D eigenvalue weighted by Gasteiger charge is 2.28. The van der Waals surface area contributed by atoms with Gasteiger partial charge in [0.05, 0.1) is 0 Å². The van der Waals surface area contributed by atoms with E-state index in [4.69, 9.17) is 0 Å². The minimum atomic E-state index is -0.484. The summed E-state index contributed by atoms with van der Waals surface area (Å²) in [6.45, 7) is 3.89. The summed E-state index contributed by atoms with van der Waals surface area (Å²) >= 11 is 1.68. The monoisotopic (exact) mass is 412 g/mol. The van der Waals surface area contributed by atoms with Crippen molar-refractivity contribution in [1.29, 1.82) is 0 Å². The molecule has 1 aromatic heterocycles. The summed E-state index contributed by atoms with van der Waals surface area (Å²) < 4.78 is 0. The molecular formula is C22H28N4O2S. The maximum absolute atomic E-state index is 13.1. The van der Waals surface area contributed by atoms with Gasteiger partial charge in [-0.15, -0.1) is 0 Å². The molecule has 3 rings (SSSR count). The summed E-state index contributed by atoms with van der Waals surface area (Å²) in [5.41, 5.74) is 1.81. The van der Waals surface area contributed by atoms with Crippen molar-refractivity contribution in [3.63, 3.8) is 0 Å². The molecule has 2 amide bonds. The second-order valence-electron chi connectivity index (χ2n) is 7.13. The number of thioether (sulfide) groups is 1. The molecule has 1 aliphatic heterocycles. The lowest BCUT2D eigenvalue weighted by Gasteiger charge is -2.36. The molecule has 0 spiro atoms. The number of aromatic nitrogens is 1. The molecule has 1 aromatic carbocycles. The fourth-order valence-electron chi connectivity index (χ4n) is 3.42. The van der Waals surface area contributed by atoms with Gasteiger partial charge in [-0.05, 0) is 48.3 Å². The third-order valence-corrected chi connectivity index (χ3v) is 5.73. The Balaban J connectivity index is 1.56. The summed E-state index contributed by atoms with van der Waals surface area (Å²) in [6, 6.07) is 12.6. The van der Waals surface area contributed by atoms with Gasteiger partial charge in [0.25, 0.3) is 5.91 Å². The van der Waals surface area contributed by atoms with Crippen LogP contribution >= 0.6 is 11.8 Å². The molecule has 1 atom stereocenters. The predicted octanol–water partition coefficient (Wildman–Crippen LogP) is 2.28. The fraction of sp³-hybridized carbons (Fsp3) is 0.409. The first kappa shape index (κ1) is 21.3. The molecule has 154 valence electrons. The zero-order valence-corrected chi connectivity index (χ0v) is 17.6. The van der Waals surface area contributed by atoms with E-state index in [2.05, 4.69) is 15.2 Å². The highest BCUT2D eigenvalue weighted by molar-refractivity contribution is 7.98. The molecule has 0 unspecified atom stereocenters. The quantitative estimate of drug-likeness (QED) is 0.721. The van der Waals surface area contributed by atoms with Crippen molar-refractivity contribution in [1.82, 2.24) is 20.1 Å². The molecule has 7 heteroatoms. The second-order valence-corrected chi connectivity index (χ2v) is 8.12. The number of nitrogens with one attached hydrogen (secondary N) is 1. The summed E-state index contributed by atoms with van der Waals surface area (Å²) in [7, 11) is 0. The van der Waals surface area contributed by atoms with Gasteiger partial charge in [0.1, 0.15) is 6.04 Å². The summed E-state index contributed by atoms with van der Waals surface area (Å²) in [5.74, 6) is 0.654. The predicted molar refractivity (Wildman–Crippen MR) is 117 cm³/mol. The van der Waals surface area contributed by atoms with Crippen LogP contribution in [0, 0.1) is 0 Å². The van der Waals surface area contributed by atoms with E-state index < -0.39 is 6.04 Å². The largest absolute Gasteiger partial charge is 0.340 e. The highest BCUT2D eigenvalue weighted by Crippen LogP contribution is 2.12. The third-order valence-electron chi connectivity index (χ3n) is 5.09. The highest BCUT2D eigenvalue weighted by atomic mass is 32.2. The van der Waals surface area contributed by atoms with Crippen LogP contribution in [0.25, 0.3) is 0 Å². The zero-order valence-electron chi connectivity index (χ0n) is 16.8. The fourth-order valence-corrected chi connectivity index (χ4v) is 3.89. The SMILES string of the molecule is CSCC[C@H](NC(=O)c1ccccc1)C(=O)N1CCN(Cc2ccncc2)CC1. The lowest BCUT2D eigenvalue weighted by atomic mass is 10.1. The maximum atomic E-state index is 13.1. The number of carbonyl (C=O) groups is 2. The van der Waals surface area contributed by atoms with E-state index in [-0.39, 0.29) is 11.8 Å². The van der Waals surface area contributed by atoms with Crippen LogP contribution in [0.4, 0.5) is 0 Å². The van der Waals surface area contributed by atoms with Crippen molar-refractivity contribution in [2.45, 2.75) is 19.0 Å². The average molecular weight is 413 g/mol. The van der Waals surface area contributed by atoms with Gasteiger partial charge < -0.3 is 10.2 Å². The van der Waals surface area contributed by atoms with Crippen molar-refractivity contribution < 1.29 is 9.59 Å². The van der Waals surface area contributed by atoms with Gasteiger partial charge in [0, 0.05) is 50.7 Å². The van der Waals surface area contributed by atoms with Crippen molar-refractivity contribution in [3.05, 3.63) is 66.0 Å². The average Bonchev–Trinajstić information content (AvgIpc) is 2.78. The number of carbonyl (C=O) groups excluding carboxylic acids is 2. The van der Waals surface area contributed by atoms with Gasteiger partial charge in [-0.25, -0.2) is 0 Å². The number of amides is 2. The first-order valence-electron chi connectivity index (χ1n) is 9.92. The van der Waals surface area contributed by atoms with Crippen molar-refractivity contribution in [2.24, 2.45) is 0 Å². The van der Waals surface area contributed by atoms with Crippen LogP contribution in [0.5, 0.6) is 0 Å². The molecular weight excluding hydrogens is 384 g/mol. The number of pyridine rings is 1. The third kappa shape index (κ3) is 6.30. The van der Waals surface area contributed by atoms with Crippen molar-refractivity contribution in [3.8, 4) is 0 Å². The normalized spacial score (nSPS) is 15.7. The number of piperazine rings is 1. The van der Waals surface area contributed by atoms with E-state index in [9.17, 15) is 9.59 Å². The lowest BCUT2D eigenvalue weighted by Crippen LogP contribution is -2.54. The second kappa shape index (κ2) is 11.0. The Bertz CT molecular complexity index is 780. The number of hydrogen-bond donors (Lipinski definition) is 1. The molecule has 6 nitrogen and oxygen atoms in total. The number of nitrogens with zero attached hydrogens (tertiary/aromatic N) is 3. The van der Waals surface area contributed by atoms with Crippen LogP contribution < -0.4 is 5.32 Å². The van der Waals surface area contributed by atoms with Crippen LogP contribution in [-0.2, 0) is 11.3 Å². The molecule has 1 fully saturated rings. The van der Waals surface area contributed by atoms with E-state index in [0.717, 1.165) is 25.4 Å². The smallest absolute Gasteiger partial charge is 0.251 e. The molecule has 0 aliphatic carbocycles. The molecule has 1 aliphatic rings. The number of benzene rings is 1. The molecule has 1 saturated heterocycles. The van der Waals surface area contributed by atoms with E-state index in [0.29, 0.717) is 25.1 Å². The van der Waals surface area contributed by atoms with E-state index in [1.165, 1.54) is 5.56 Å². The Morgan fingerprint density at radius 1 is 1.07 bits per heavy atom. The Morgan fingerprint density at radius 3 is 2.41 bits per heavy atom. The van der Waals surface area contributed by atoms with E-state index in [1.807, 2.05) is 41.5 Å². The molecule has 0 radical (unpaired) electrons. The first-order chi connectivity index (χ1) is 14.2. The standard InChI is InChI=1S/C22H28N4O2S/c1-29-16-9-20(24-21(27)19-5-3-2-4-6-19)22(28)26-14-12-25(13-15-26)17-18-7-10-23-11-8-18/h2-8,10-11,20H,9,12-17H2,1H3,(H,24,27)/t20-/m0/s1. The Morgan fingerprint density at radius 2 is 1.76 bits per heavy atom. The topological polar surface area (TPSA) is 65.5 Å². The van der Waals surface area contributed by atoms with Crippen LogP contribution in [0.3, 0.4) is 0 Å². The van der Waals surface area contributed by atoms with E-state index in [1.54, 1.807) is 36.3 Å². The molecule has 2 heterocycles. The maximum Gasteiger partial charge on any atom is 0.251 e. The zero-order chi connectivity index (χ0) is 20.5. The molecule has 0 bridgehead atoms. The van der Waals surface area contributed by atoms with Gasteiger partial charge in [-0.3, -0.25) is 19.5 Å². The Kier molecular flexibility index (Phi) is 8.07. The summed E-state index contributed by atoms with van der Waals surface area (Å²) in [4.78, 5) is 34.0. The Labute approximate surface area is 176 Å². The molecule has 2 aromatic rings. The Hall–Kier alpha value is -2.38. The first-order valence-corrected chi connectivity index (χ1v) is 11.3. The van der Waals surface area contributed by atoms with Gasteiger partial charge in [-0.2, -0.15) is 11.8 Å². The van der Waals surface area contributed by atoms with Crippen LogP contribution in [0.15, 0.2) is 54.9 Å². The minimum absolute atomic E-state index is 0.0203. The number of rotatable bonds is 8. The minimum Gasteiger partial charge on any atom is -0.340 e. The van der Waals surface area contributed by atoms with Gasteiger partial charge in [-0.1, -0.05) is 18.2 Å². The van der Waals surface area contributed by atoms with E-state index >= 15 is 0 Å². The number of hydrogen-bond acceptors (Lipinski definition) is 5. The molecule has 1 N–H and O–H groups in total. The van der Waals surface area contributed by atoms with Crippen LogP contribution in [0.1, 0.15) is 22.3 Å². The summed E-state index contributed by atoms with van der Waals surface area (Å²) in [6.07, 6.45) is 6.26. The summed E-state index contributed by atoms with van der Waals surface area (Å²) in [5, 5.41) is 2.95. The molecule has 0 saturated carbocycles. The van der Waals surface area contributed by atoms with Gasteiger partial charge in [0.2, 0.25) is 5.91 Å². The van der Waals surface area contributed by atoms with Crippen LogP contribution in [-0.4, -0.2) is 70.8 Å². The van der Waals surface area contributed by atoms with Gasteiger partial charge >= 0.3 is 0 Å².